The largest absolute Gasteiger partial charge is 0.455 e. The van der Waals surface area contributed by atoms with E-state index in [1.165, 1.54) is 11.8 Å². The van der Waals surface area contributed by atoms with Gasteiger partial charge in [0.05, 0.1) is 25.2 Å². The monoisotopic (exact) mass is 436 g/mol. The molecule has 1 aliphatic heterocycles. The number of carbonyl (C=O) groups excluding carboxylic acids is 1. The number of aliphatic hydroxyl groups is 1. The van der Waals surface area contributed by atoms with Crippen molar-refractivity contribution < 1.29 is 28.8 Å². The Kier molecular flexibility index (Phi) is 9.58. The van der Waals surface area contributed by atoms with E-state index in [-0.39, 0.29) is 13.2 Å². The molecular formula is C23H32O6S. The number of esters is 1. The van der Waals surface area contributed by atoms with E-state index in [4.69, 9.17) is 18.9 Å². The standard InChI is InChI=1S/C23H32O6S/c1-6-13-26-15-17-18(24)19(27-14-7-2)20(29-22(25)23(3,4)5)21(28-17)30-16-11-9-8-10-12-16/h6-12,17-21,24H,1-2,13-15H2,3-5H3/t17-,18+,19+,20-,21+/m1/s1. The van der Waals surface area contributed by atoms with Gasteiger partial charge in [0.25, 0.3) is 0 Å². The lowest BCUT2D eigenvalue weighted by Crippen LogP contribution is -2.60. The summed E-state index contributed by atoms with van der Waals surface area (Å²) in [6.07, 6.45) is -0.0712. The number of thioether (sulfide) groups is 1. The number of carbonyl (C=O) groups is 1. The summed E-state index contributed by atoms with van der Waals surface area (Å²) in [6.45, 7) is 13.3. The van der Waals surface area contributed by atoms with Crippen LogP contribution in [0.15, 0.2) is 60.5 Å². The molecule has 0 unspecified atom stereocenters. The van der Waals surface area contributed by atoms with Gasteiger partial charge in [0.1, 0.15) is 23.7 Å². The summed E-state index contributed by atoms with van der Waals surface area (Å²) in [5, 5.41) is 10.9. The number of hydrogen-bond acceptors (Lipinski definition) is 7. The van der Waals surface area contributed by atoms with Crippen LogP contribution in [0.5, 0.6) is 0 Å². The van der Waals surface area contributed by atoms with Crippen LogP contribution < -0.4 is 0 Å². The normalized spacial score (nSPS) is 26.7. The lowest BCUT2D eigenvalue weighted by atomic mass is 9.96. The molecule has 5 atom stereocenters. The highest BCUT2D eigenvalue weighted by Gasteiger charge is 2.49. The van der Waals surface area contributed by atoms with Crippen LogP contribution in [-0.4, -0.2) is 60.7 Å². The molecule has 2 rings (SSSR count). The van der Waals surface area contributed by atoms with Crippen molar-refractivity contribution in [1.82, 2.24) is 0 Å². The van der Waals surface area contributed by atoms with Crippen molar-refractivity contribution in [2.75, 3.05) is 19.8 Å². The van der Waals surface area contributed by atoms with Gasteiger partial charge < -0.3 is 24.1 Å². The Bertz CT molecular complexity index is 687. The van der Waals surface area contributed by atoms with Crippen molar-refractivity contribution in [3.8, 4) is 0 Å². The molecule has 30 heavy (non-hydrogen) atoms. The zero-order chi connectivity index (χ0) is 22.1. The minimum atomic E-state index is -1.04. The second-order valence-electron chi connectivity index (χ2n) is 8.00. The summed E-state index contributed by atoms with van der Waals surface area (Å²) < 4.78 is 23.4. The highest BCUT2D eigenvalue weighted by atomic mass is 32.2. The van der Waals surface area contributed by atoms with Gasteiger partial charge in [0, 0.05) is 4.90 Å². The van der Waals surface area contributed by atoms with Crippen molar-refractivity contribution in [1.29, 1.82) is 0 Å². The first-order valence-corrected chi connectivity index (χ1v) is 10.8. The second kappa shape index (κ2) is 11.7. The Hall–Kier alpha value is -1.64. The lowest BCUT2D eigenvalue weighted by Gasteiger charge is -2.44. The minimum Gasteiger partial charge on any atom is -0.455 e. The van der Waals surface area contributed by atoms with Gasteiger partial charge in [-0.1, -0.05) is 42.1 Å². The van der Waals surface area contributed by atoms with Crippen molar-refractivity contribution in [3.63, 3.8) is 0 Å². The van der Waals surface area contributed by atoms with Crippen LogP contribution >= 0.6 is 11.8 Å². The predicted octanol–water partition coefficient (Wildman–Crippen LogP) is 3.60. The van der Waals surface area contributed by atoms with Gasteiger partial charge >= 0.3 is 5.97 Å². The second-order valence-corrected chi connectivity index (χ2v) is 9.17. The zero-order valence-electron chi connectivity index (χ0n) is 17.9. The van der Waals surface area contributed by atoms with Gasteiger partial charge in [0.15, 0.2) is 6.10 Å². The van der Waals surface area contributed by atoms with E-state index in [9.17, 15) is 9.90 Å². The SMILES string of the molecule is C=CCOC[C@H]1O[C@@H](Sc2ccccc2)[C@H](OC(=O)C(C)(C)C)[C@@H](OCC=C)[C@H]1O. The number of rotatable bonds is 10. The average Bonchev–Trinajstić information content (AvgIpc) is 2.70. The molecule has 0 amide bonds. The van der Waals surface area contributed by atoms with Gasteiger partial charge in [-0.05, 0) is 32.9 Å². The maximum absolute atomic E-state index is 12.7. The molecule has 7 heteroatoms. The number of benzene rings is 1. The summed E-state index contributed by atoms with van der Waals surface area (Å²) in [5.74, 6) is -0.393. The minimum absolute atomic E-state index is 0.160. The first-order chi connectivity index (χ1) is 14.3. The molecule has 0 spiro atoms. The van der Waals surface area contributed by atoms with Crippen molar-refractivity contribution in [3.05, 3.63) is 55.6 Å². The van der Waals surface area contributed by atoms with E-state index in [0.717, 1.165) is 4.90 Å². The van der Waals surface area contributed by atoms with Crippen LogP contribution in [0.4, 0.5) is 0 Å². The van der Waals surface area contributed by atoms with Crippen LogP contribution in [0.1, 0.15) is 20.8 Å². The summed E-state index contributed by atoms with van der Waals surface area (Å²) in [5.41, 5.74) is -1.30. The molecule has 6 nitrogen and oxygen atoms in total. The van der Waals surface area contributed by atoms with E-state index in [1.54, 1.807) is 32.9 Å². The van der Waals surface area contributed by atoms with Gasteiger partial charge in [-0.2, -0.15) is 0 Å². The molecule has 0 aliphatic carbocycles. The summed E-state index contributed by atoms with van der Waals surface area (Å²) in [4.78, 5) is 13.6. The number of hydrogen-bond donors (Lipinski definition) is 1. The quantitative estimate of drug-likeness (QED) is 0.341. The fraction of sp³-hybridized carbons (Fsp3) is 0.522. The number of ether oxygens (including phenoxy) is 4. The molecule has 1 saturated heterocycles. The van der Waals surface area contributed by atoms with E-state index in [0.29, 0.717) is 6.61 Å². The maximum Gasteiger partial charge on any atom is 0.311 e. The lowest BCUT2D eigenvalue weighted by molar-refractivity contribution is -0.233. The summed E-state index contributed by atoms with van der Waals surface area (Å²) in [7, 11) is 0. The van der Waals surface area contributed by atoms with Crippen LogP contribution in [0.25, 0.3) is 0 Å². The number of aliphatic hydroxyl groups excluding tert-OH is 1. The van der Waals surface area contributed by atoms with E-state index < -0.39 is 41.2 Å². The van der Waals surface area contributed by atoms with Crippen molar-refractivity contribution >= 4 is 17.7 Å². The van der Waals surface area contributed by atoms with Crippen LogP contribution in [0.3, 0.4) is 0 Å². The molecule has 1 aliphatic rings. The first kappa shape index (κ1) is 24.6. The van der Waals surface area contributed by atoms with Gasteiger partial charge in [-0.3, -0.25) is 4.79 Å². The third-order valence-electron chi connectivity index (χ3n) is 4.39. The maximum atomic E-state index is 12.7. The molecule has 0 saturated carbocycles. The smallest absolute Gasteiger partial charge is 0.311 e. The van der Waals surface area contributed by atoms with Crippen LogP contribution in [0.2, 0.25) is 0 Å². The first-order valence-electron chi connectivity index (χ1n) is 9.95. The fourth-order valence-corrected chi connectivity index (χ4v) is 3.95. The Morgan fingerprint density at radius 2 is 1.83 bits per heavy atom. The Balaban J connectivity index is 2.31. The highest BCUT2D eigenvalue weighted by molar-refractivity contribution is 7.99. The fourth-order valence-electron chi connectivity index (χ4n) is 2.82. The summed E-state index contributed by atoms with van der Waals surface area (Å²) in [6, 6.07) is 9.67. The van der Waals surface area contributed by atoms with Gasteiger partial charge in [0.2, 0.25) is 0 Å². The van der Waals surface area contributed by atoms with Crippen molar-refractivity contribution in [2.24, 2.45) is 5.41 Å². The molecule has 166 valence electrons. The molecule has 1 N–H and O–H groups in total. The Labute approximate surface area is 183 Å². The Morgan fingerprint density at radius 3 is 2.43 bits per heavy atom. The predicted molar refractivity (Wildman–Crippen MR) is 117 cm³/mol. The molecule has 1 aromatic carbocycles. The molecular weight excluding hydrogens is 404 g/mol. The topological polar surface area (TPSA) is 74.2 Å². The molecule has 1 aromatic rings. The van der Waals surface area contributed by atoms with E-state index in [1.807, 2.05) is 30.3 Å². The van der Waals surface area contributed by atoms with Crippen LogP contribution in [-0.2, 0) is 23.7 Å². The zero-order valence-corrected chi connectivity index (χ0v) is 18.7. The molecule has 0 bridgehead atoms. The van der Waals surface area contributed by atoms with Gasteiger partial charge in [-0.15, -0.1) is 13.2 Å². The summed E-state index contributed by atoms with van der Waals surface area (Å²) >= 11 is 1.42. The van der Waals surface area contributed by atoms with Crippen molar-refractivity contribution in [2.45, 2.75) is 55.5 Å². The third-order valence-corrected chi connectivity index (χ3v) is 5.55. The molecule has 1 heterocycles. The average molecular weight is 437 g/mol. The molecule has 0 radical (unpaired) electrons. The molecule has 1 fully saturated rings. The van der Waals surface area contributed by atoms with E-state index in [2.05, 4.69) is 13.2 Å². The van der Waals surface area contributed by atoms with Gasteiger partial charge in [-0.25, -0.2) is 0 Å². The highest BCUT2D eigenvalue weighted by Crippen LogP contribution is 2.37. The third kappa shape index (κ3) is 6.96. The van der Waals surface area contributed by atoms with Crippen LogP contribution in [0, 0.1) is 5.41 Å². The molecule has 0 aromatic heterocycles. The van der Waals surface area contributed by atoms with E-state index >= 15 is 0 Å². The Morgan fingerprint density at radius 1 is 1.17 bits per heavy atom.